The Hall–Kier alpha value is -3.16. The van der Waals surface area contributed by atoms with Crippen molar-refractivity contribution in [3.05, 3.63) is 57.0 Å². The molecule has 4 N–H and O–H groups in total. The quantitative estimate of drug-likeness (QED) is 0.261. The molecule has 9 nitrogen and oxygen atoms in total. The van der Waals surface area contributed by atoms with Gasteiger partial charge in [0, 0.05) is 31.1 Å². The van der Waals surface area contributed by atoms with Gasteiger partial charge in [0.25, 0.3) is 5.91 Å². The third-order valence-corrected chi connectivity index (χ3v) is 6.23. The molecule has 0 aliphatic carbocycles. The Morgan fingerprint density at radius 2 is 1.91 bits per heavy atom. The maximum absolute atomic E-state index is 13.0. The molecule has 3 heterocycles. The molecule has 0 radical (unpaired) electrons. The summed E-state index contributed by atoms with van der Waals surface area (Å²) in [5, 5.41) is 5.31. The van der Waals surface area contributed by atoms with E-state index in [2.05, 4.69) is 30.6 Å². The summed E-state index contributed by atoms with van der Waals surface area (Å²) >= 11 is 6.58. The van der Waals surface area contributed by atoms with Crippen molar-refractivity contribution >= 4 is 46.3 Å². The van der Waals surface area contributed by atoms with E-state index in [4.69, 9.17) is 17.3 Å². The Morgan fingerprint density at radius 1 is 1.14 bits per heavy atom. The van der Waals surface area contributed by atoms with E-state index in [1.807, 2.05) is 0 Å². The highest BCUT2D eigenvalue weighted by atomic mass is 35.5. The van der Waals surface area contributed by atoms with E-state index >= 15 is 0 Å². The number of carbonyl (C=O) groups excluding carboxylic acids is 2. The van der Waals surface area contributed by atoms with Crippen LogP contribution in [-0.4, -0.2) is 44.7 Å². The lowest BCUT2D eigenvalue weighted by molar-refractivity contribution is -0.137. The third kappa shape index (κ3) is 7.16. The Morgan fingerprint density at radius 3 is 2.63 bits per heavy atom. The van der Waals surface area contributed by atoms with Gasteiger partial charge in [0.15, 0.2) is 5.78 Å². The molecule has 35 heavy (non-hydrogen) atoms. The van der Waals surface area contributed by atoms with Crippen LogP contribution in [0.1, 0.15) is 56.4 Å². The molecule has 3 aromatic rings. The minimum Gasteiger partial charge on any atom is -0.370 e. The smallest absolute Gasteiger partial charge is 0.370 e. The average molecular weight is 528 g/mol. The lowest BCUT2D eigenvalue weighted by atomic mass is 10.0. The molecule has 0 aromatic carbocycles. The molecule has 14 heteroatoms. The van der Waals surface area contributed by atoms with Crippen molar-refractivity contribution in [2.24, 2.45) is 5.73 Å². The van der Waals surface area contributed by atoms with Gasteiger partial charge in [0.05, 0.1) is 21.8 Å². The average Bonchev–Trinajstić information content (AvgIpc) is 3.31. The second-order valence-electron chi connectivity index (χ2n) is 7.45. The van der Waals surface area contributed by atoms with Crippen LogP contribution < -0.4 is 16.4 Å². The van der Waals surface area contributed by atoms with Gasteiger partial charge in [-0.1, -0.05) is 18.5 Å². The Bertz CT molecular complexity index is 1210. The fourth-order valence-corrected chi connectivity index (χ4v) is 3.99. The van der Waals surface area contributed by atoms with Crippen LogP contribution in [0.2, 0.25) is 5.02 Å². The van der Waals surface area contributed by atoms with Crippen LogP contribution in [-0.2, 0) is 6.18 Å². The van der Waals surface area contributed by atoms with Crippen LogP contribution in [0, 0.1) is 0 Å². The Labute approximate surface area is 207 Å². The largest absolute Gasteiger partial charge is 0.418 e. The minimum absolute atomic E-state index is 0.0848. The minimum atomic E-state index is -4.69. The summed E-state index contributed by atoms with van der Waals surface area (Å²) in [5.74, 6) is -1.03. The van der Waals surface area contributed by atoms with Crippen LogP contribution in [0.3, 0.4) is 0 Å². The van der Waals surface area contributed by atoms with Crippen LogP contribution >= 0.6 is 22.9 Å². The van der Waals surface area contributed by atoms with E-state index in [1.54, 1.807) is 13.0 Å². The number of hydrogen-bond donors (Lipinski definition) is 3. The number of Topliss-reactive ketones (excluding diaryl/α,β-unsaturated/α-hetero) is 1. The molecule has 186 valence electrons. The number of ketones is 1. The SMILES string of the molecule is CC(CC(=O)c1cc(NCCCN)ncn1)c1ncc(C(=O)Nc2cc(C(F)(F)F)c(Cl)cn2)s1. The van der Waals surface area contributed by atoms with E-state index in [-0.39, 0.29) is 34.5 Å². The van der Waals surface area contributed by atoms with Gasteiger partial charge in [-0.15, -0.1) is 11.3 Å². The van der Waals surface area contributed by atoms with Gasteiger partial charge in [0.2, 0.25) is 0 Å². The molecule has 0 saturated heterocycles. The van der Waals surface area contributed by atoms with Crippen molar-refractivity contribution in [2.75, 3.05) is 23.7 Å². The van der Waals surface area contributed by atoms with Crippen molar-refractivity contribution in [3.63, 3.8) is 0 Å². The lowest BCUT2D eigenvalue weighted by Crippen LogP contribution is -2.13. The van der Waals surface area contributed by atoms with E-state index in [9.17, 15) is 22.8 Å². The molecule has 1 amide bonds. The number of hydrogen-bond acceptors (Lipinski definition) is 9. The van der Waals surface area contributed by atoms with Gasteiger partial charge in [-0.05, 0) is 19.0 Å². The lowest BCUT2D eigenvalue weighted by Gasteiger charge is -2.10. The molecular formula is C21H21ClF3N7O2S. The van der Waals surface area contributed by atoms with Gasteiger partial charge in [-0.3, -0.25) is 9.59 Å². The van der Waals surface area contributed by atoms with Crippen molar-refractivity contribution in [3.8, 4) is 0 Å². The van der Waals surface area contributed by atoms with Crippen LogP contribution in [0.5, 0.6) is 0 Å². The number of anilines is 2. The Balaban J connectivity index is 1.63. The fourth-order valence-electron chi connectivity index (χ4n) is 2.92. The second kappa shape index (κ2) is 11.5. The highest BCUT2D eigenvalue weighted by molar-refractivity contribution is 7.13. The number of thiazole rings is 1. The fraction of sp³-hybridized carbons (Fsp3) is 0.333. The predicted molar refractivity (Wildman–Crippen MR) is 126 cm³/mol. The van der Waals surface area contributed by atoms with Gasteiger partial charge >= 0.3 is 6.18 Å². The molecule has 1 unspecified atom stereocenters. The number of carbonyl (C=O) groups is 2. The van der Waals surface area contributed by atoms with Gasteiger partial charge in [0.1, 0.15) is 28.5 Å². The number of pyridine rings is 1. The zero-order chi connectivity index (χ0) is 25.6. The second-order valence-corrected chi connectivity index (χ2v) is 8.92. The first-order chi connectivity index (χ1) is 16.6. The molecular weight excluding hydrogens is 507 g/mol. The topological polar surface area (TPSA) is 136 Å². The van der Waals surface area contributed by atoms with E-state index in [0.717, 1.165) is 24.0 Å². The van der Waals surface area contributed by atoms with Crippen molar-refractivity contribution in [1.82, 2.24) is 19.9 Å². The maximum atomic E-state index is 13.0. The molecule has 0 spiro atoms. The first-order valence-electron chi connectivity index (χ1n) is 10.4. The maximum Gasteiger partial charge on any atom is 0.418 e. The molecule has 1 atom stereocenters. The van der Waals surface area contributed by atoms with E-state index in [0.29, 0.717) is 30.0 Å². The van der Waals surface area contributed by atoms with Gasteiger partial charge < -0.3 is 16.4 Å². The first-order valence-corrected chi connectivity index (χ1v) is 11.6. The molecule has 0 saturated carbocycles. The first kappa shape index (κ1) is 26.4. The summed E-state index contributed by atoms with van der Waals surface area (Å²) in [7, 11) is 0. The number of halogens is 4. The summed E-state index contributed by atoms with van der Waals surface area (Å²) in [5.41, 5.74) is 4.60. The van der Waals surface area contributed by atoms with Crippen LogP contribution in [0.4, 0.5) is 24.8 Å². The third-order valence-electron chi connectivity index (χ3n) is 4.70. The zero-order valence-corrected chi connectivity index (χ0v) is 20.0. The zero-order valence-electron chi connectivity index (χ0n) is 18.4. The standard InChI is InChI=1S/C21H21ClF3N7O2S/c1-11(5-15(33)14-7-17(31-10-30-14)27-4-2-3-26)20-29-9-16(35-20)19(34)32-18-6-12(21(23,24)25)13(22)8-28-18/h6-11H,2-5,26H2,1H3,(H,27,30,31)(H,28,32,34). The van der Waals surface area contributed by atoms with Crippen molar-refractivity contribution in [2.45, 2.75) is 31.9 Å². The van der Waals surface area contributed by atoms with Gasteiger partial charge in [-0.25, -0.2) is 19.9 Å². The molecule has 0 aliphatic rings. The van der Waals surface area contributed by atoms with Crippen molar-refractivity contribution < 1.29 is 22.8 Å². The number of amides is 1. The predicted octanol–water partition coefficient (Wildman–Crippen LogP) is 4.39. The summed E-state index contributed by atoms with van der Waals surface area (Å²) in [6.45, 7) is 2.92. The van der Waals surface area contributed by atoms with E-state index < -0.39 is 22.7 Å². The summed E-state index contributed by atoms with van der Waals surface area (Å²) < 4.78 is 39.1. The molecule has 3 rings (SSSR count). The molecule has 0 bridgehead atoms. The molecule has 0 fully saturated rings. The molecule has 0 aliphatic heterocycles. The summed E-state index contributed by atoms with van der Waals surface area (Å²) in [6, 6.07) is 2.21. The van der Waals surface area contributed by atoms with Crippen LogP contribution in [0.25, 0.3) is 0 Å². The van der Waals surface area contributed by atoms with Crippen molar-refractivity contribution in [1.29, 1.82) is 0 Å². The number of alkyl halides is 3. The monoisotopic (exact) mass is 527 g/mol. The normalized spacial score (nSPS) is 12.3. The highest BCUT2D eigenvalue weighted by Gasteiger charge is 2.34. The number of rotatable bonds is 10. The van der Waals surface area contributed by atoms with Gasteiger partial charge in [-0.2, -0.15) is 13.2 Å². The summed E-state index contributed by atoms with van der Waals surface area (Å²) in [6.07, 6.45) is -0.448. The molecule has 3 aromatic heterocycles. The highest BCUT2D eigenvalue weighted by Crippen LogP contribution is 2.35. The number of nitrogens with zero attached hydrogens (tertiary/aromatic N) is 4. The number of aromatic nitrogens is 4. The van der Waals surface area contributed by atoms with E-state index in [1.165, 1.54) is 12.5 Å². The summed E-state index contributed by atoms with van der Waals surface area (Å²) in [4.78, 5) is 41.3. The van der Waals surface area contributed by atoms with Crippen LogP contribution in [0.15, 0.2) is 30.9 Å². The Kier molecular flexibility index (Phi) is 8.70. The number of nitrogens with one attached hydrogen (secondary N) is 2. The number of nitrogens with two attached hydrogens (primary N) is 1.